The summed E-state index contributed by atoms with van der Waals surface area (Å²) in [6, 6.07) is 6.87. The topological polar surface area (TPSA) is 77.6 Å². The molecule has 2 aromatic heterocycles. The van der Waals surface area contributed by atoms with E-state index in [1.54, 1.807) is 31.6 Å². The second-order valence-corrected chi connectivity index (χ2v) is 8.21. The van der Waals surface area contributed by atoms with Crippen LogP contribution in [0.2, 0.25) is 0 Å². The van der Waals surface area contributed by atoms with Crippen molar-refractivity contribution >= 4 is 5.91 Å². The van der Waals surface area contributed by atoms with Gasteiger partial charge in [0.15, 0.2) is 5.76 Å². The number of carbonyl (C=O) groups is 1. The van der Waals surface area contributed by atoms with Crippen molar-refractivity contribution in [2.24, 2.45) is 11.8 Å². The molecule has 0 unspecified atom stereocenters. The summed E-state index contributed by atoms with van der Waals surface area (Å²) in [4.78, 5) is 27.2. The van der Waals surface area contributed by atoms with Crippen LogP contribution in [-0.4, -0.2) is 46.9 Å². The van der Waals surface area contributed by atoms with Gasteiger partial charge in [0.1, 0.15) is 5.69 Å². The Morgan fingerprint density at radius 1 is 1.21 bits per heavy atom. The number of aromatic nitrogens is 2. The number of hydrogen-bond acceptors (Lipinski definition) is 5. The lowest BCUT2D eigenvalue weighted by Crippen LogP contribution is -2.44. The number of methoxy groups -OCH3 is 1. The number of furan rings is 1. The van der Waals surface area contributed by atoms with Crippen molar-refractivity contribution in [3.05, 3.63) is 40.9 Å². The fourth-order valence-corrected chi connectivity index (χ4v) is 4.56. The van der Waals surface area contributed by atoms with Gasteiger partial charge in [-0.25, -0.2) is 4.68 Å². The largest absolute Gasteiger partial charge is 0.463 e. The summed E-state index contributed by atoms with van der Waals surface area (Å²) in [5, 5.41) is 4.47. The lowest BCUT2D eigenvalue weighted by Gasteiger charge is -2.36. The number of piperidine rings is 1. The fourth-order valence-electron chi connectivity index (χ4n) is 4.56. The number of nitrogens with zero attached hydrogens (tertiary/aromatic N) is 3. The summed E-state index contributed by atoms with van der Waals surface area (Å²) in [7, 11) is 1.74. The maximum Gasteiger partial charge on any atom is 0.266 e. The van der Waals surface area contributed by atoms with Crippen molar-refractivity contribution in [1.29, 1.82) is 0 Å². The number of hydrogen-bond donors (Lipinski definition) is 0. The van der Waals surface area contributed by atoms with E-state index in [-0.39, 0.29) is 23.5 Å². The highest BCUT2D eigenvalue weighted by Gasteiger charge is 2.32. The minimum Gasteiger partial charge on any atom is -0.463 e. The molecule has 1 aliphatic heterocycles. The first-order valence-corrected chi connectivity index (χ1v) is 10.6. The quantitative estimate of drug-likeness (QED) is 0.773. The molecule has 29 heavy (non-hydrogen) atoms. The molecule has 4 rings (SSSR count). The van der Waals surface area contributed by atoms with Crippen molar-refractivity contribution in [3.63, 3.8) is 0 Å². The molecule has 0 spiro atoms. The Hall–Kier alpha value is -2.41. The minimum absolute atomic E-state index is 0.0968. The molecular weight excluding hydrogens is 370 g/mol. The molecule has 3 heterocycles. The summed E-state index contributed by atoms with van der Waals surface area (Å²) in [6.45, 7) is 2.08. The van der Waals surface area contributed by atoms with E-state index in [2.05, 4.69) is 5.10 Å². The van der Waals surface area contributed by atoms with E-state index in [0.29, 0.717) is 23.9 Å². The zero-order chi connectivity index (χ0) is 20.2. The summed E-state index contributed by atoms with van der Waals surface area (Å²) in [5.41, 5.74) is 0.554. The Labute approximate surface area is 170 Å². The van der Waals surface area contributed by atoms with Gasteiger partial charge in [0.05, 0.1) is 12.4 Å². The zero-order valence-corrected chi connectivity index (χ0v) is 17.0. The van der Waals surface area contributed by atoms with Gasteiger partial charge in [-0.15, -0.1) is 0 Å². The van der Waals surface area contributed by atoms with Gasteiger partial charge in [-0.3, -0.25) is 9.59 Å². The monoisotopic (exact) mass is 399 g/mol. The van der Waals surface area contributed by atoms with Crippen molar-refractivity contribution in [2.45, 2.75) is 51.2 Å². The molecule has 0 radical (unpaired) electrons. The van der Waals surface area contributed by atoms with E-state index in [4.69, 9.17) is 9.15 Å². The highest BCUT2D eigenvalue weighted by molar-refractivity contribution is 5.79. The van der Waals surface area contributed by atoms with Gasteiger partial charge < -0.3 is 14.1 Å². The summed E-state index contributed by atoms with van der Waals surface area (Å²) in [5.74, 6) is 1.37. The highest BCUT2D eigenvalue weighted by atomic mass is 16.5. The van der Waals surface area contributed by atoms with Crippen LogP contribution in [0.15, 0.2) is 39.7 Å². The molecule has 0 bridgehead atoms. The summed E-state index contributed by atoms with van der Waals surface area (Å²) >= 11 is 0. The molecule has 7 nitrogen and oxygen atoms in total. The van der Waals surface area contributed by atoms with Crippen LogP contribution >= 0.6 is 0 Å². The zero-order valence-electron chi connectivity index (χ0n) is 17.0. The Kier molecular flexibility index (Phi) is 6.13. The predicted molar refractivity (Wildman–Crippen MR) is 108 cm³/mol. The van der Waals surface area contributed by atoms with Gasteiger partial charge in [-0.2, -0.15) is 5.10 Å². The summed E-state index contributed by atoms with van der Waals surface area (Å²) < 4.78 is 12.4. The third-order valence-corrected chi connectivity index (χ3v) is 6.31. The third kappa shape index (κ3) is 4.61. The maximum absolute atomic E-state index is 12.9. The smallest absolute Gasteiger partial charge is 0.266 e. The van der Waals surface area contributed by atoms with Crippen molar-refractivity contribution in [3.8, 4) is 11.5 Å². The van der Waals surface area contributed by atoms with Crippen molar-refractivity contribution in [1.82, 2.24) is 14.7 Å². The first kappa shape index (κ1) is 19.9. The van der Waals surface area contributed by atoms with Crippen LogP contribution in [0.3, 0.4) is 0 Å². The maximum atomic E-state index is 12.9. The lowest BCUT2D eigenvalue weighted by molar-refractivity contribution is -0.139. The normalized spacial score (nSPS) is 23.3. The van der Waals surface area contributed by atoms with Crippen LogP contribution in [0.1, 0.15) is 38.5 Å². The SMILES string of the molecule is CO[C@H]1CCC[C@@H](C(=O)N2CCC(Cn3nc(-c4ccco4)ccc3=O)CC2)C1. The molecule has 2 atom stereocenters. The Balaban J connectivity index is 1.34. The highest BCUT2D eigenvalue weighted by Crippen LogP contribution is 2.29. The lowest BCUT2D eigenvalue weighted by atomic mass is 9.85. The first-order valence-electron chi connectivity index (χ1n) is 10.6. The van der Waals surface area contributed by atoms with E-state index >= 15 is 0 Å². The average Bonchev–Trinajstić information content (AvgIpc) is 3.30. The minimum atomic E-state index is -0.105. The van der Waals surface area contributed by atoms with Gasteiger partial charge in [0, 0.05) is 38.7 Å². The molecule has 2 aromatic rings. The van der Waals surface area contributed by atoms with Gasteiger partial charge >= 0.3 is 0 Å². The van der Waals surface area contributed by atoms with Crippen molar-refractivity contribution < 1.29 is 13.9 Å². The van der Waals surface area contributed by atoms with Crippen LogP contribution in [-0.2, 0) is 16.1 Å². The molecular formula is C22H29N3O4. The molecule has 1 saturated carbocycles. The third-order valence-electron chi connectivity index (χ3n) is 6.31. The van der Waals surface area contributed by atoms with E-state index in [1.807, 2.05) is 11.0 Å². The molecule has 1 amide bonds. The van der Waals surface area contributed by atoms with Crippen LogP contribution in [0, 0.1) is 11.8 Å². The second kappa shape index (κ2) is 8.95. The predicted octanol–water partition coefficient (Wildman–Crippen LogP) is 2.95. The molecule has 7 heteroatoms. The fraction of sp³-hybridized carbons (Fsp3) is 0.591. The summed E-state index contributed by atoms with van der Waals surface area (Å²) in [6.07, 6.45) is 7.53. The van der Waals surface area contributed by atoms with Crippen molar-refractivity contribution in [2.75, 3.05) is 20.2 Å². The van der Waals surface area contributed by atoms with E-state index < -0.39 is 0 Å². The number of likely N-dealkylation sites (tertiary alicyclic amines) is 1. The Morgan fingerprint density at radius 2 is 2.03 bits per heavy atom. The number of rotatable bonds is 5. The van der Waals surface area contributed by atoms with Gasteiger partial charge in [0.25, 0.3) is 5.56 Å². The Bertz CT molecular complexity index is 868. The van der Waals surface area contributed by atoms with Gasteiger partial charge in [0.2, 0.25) is 5.91 Å². The number of amides is 1. The molecule has 156 valence electrons. The van der Waals surface area contributed by atoms with Crippen LogP contribution in [0.4, 0.5) is 0 Å². The van der Waals surface area contributed by atoms with E-state index in [1.165, 1.54) is 4.68 Å². The number of carbonyl (C=O) groups excluding carboxylic acids is 1. The van der Waals surface area contributed by atoms with Crippen LogP contribution in [0.25, 0.3) is 11.5 Å². The van der Waals surface area contributed by atoms with E-state index in [0.717, 1.165) is 51.6 Å². The molecule has 1 saturated heterocycles. The average molecular weight is 399 g/mol. The second-order valence-electron chi connectivity index (χ2n) is 8.21. The molecule has 2 aliphatic rings. The van der Waals surface area contributed by atoms with E-state index in [9.17, 15) is 9.59 Å². The molecule has 2 fully saturated rings. The molecule has 1 aliphatic carbocycles. The molecule has 0 aromatic carbocycles. The molecule has 0 N–H and O–H groups in total. The van der Waals surface area contributed by atoms with Gasteiger partial charge in [-0.1, -0.05) is 6.42 Å². The van der Waals surface area contributed by atoms with Crippen LogP contribution < -0.4 is 5.56 Å². The standard InChI is InChI=1S/C22H29N3O4/c1-28-18-5-2-4-17(14-18)22(27)24-11-9-16(10-12-24)15-25-21(26)8-7-19(23-25)20-6-3-13-29-20/h3,6-8,13,16-18H,2,4-5,9-12,14-15H2,1H3/t17-,18+/m1/s1. The van der Waals surface area contributed by atoms with Gasteiger partial charge in [-0.05, 0) is 56.2 Å². The Morgan fingerprint density at radius 3 is 2.76 bits per heavy atom. The first-order chi connectivity index (χ1) is 14.1. The van der Waals surface area contributed by atoms with Crippen LogP contribution in [0.5, 0.6) is 0 Å². The number of ether oxygens (including phenoxy) is 1.